The molecule has 3 aromatic carbocycles. The van der Waals surface area contributed by atoms with Crippen molar-refractivity contribution in [1.82, 2.24) is 0 Å². The fraction of sp³-hybridized carbons (Fsp3) is 0.250. The first kappa shape index (κ1) is 44.9. The van der Waals surface area contributed by atoms with E-state index in [2.05, 4.69) is 16.0 Å². The summed E-state index contributed by atoms with van der Waals surface area (Å²) in [5.41, 5.74) is 2.33. The van der Waals surface area contributed by atoms with Crippen LogP contribution < -0.4 is 16.0 Å². The molecule has 0 aliphatic carbocycles. The summed E-state index contributed by atoms with van der Waals surface area (Å²) in [5, 5.41) is 8.68. The van der Waals surface area contributed by atoms with Crippen molar-refractivity contribution < 1.29 is 45.8 Å². The maximum atomic E-state index is 11.3. The number of anilines is 3. The molecule has 0 atom stereocenters. The molecule has 0 aliphatic heterocycles. The normalized spacial score (nSPS) is 9.73. The first-order valence-electron chi connectivity index (χ1n) is 14.7. The molecule has 0 bridgehead atoms. The Balaban J connectivity index is 0.000000698. The van der Waals surface area contributed by atoms with Gasteiger partial charge in [-0.25, -0.2) is 0 Å². The van der Waals surface area contributed by atoms with Gasteiger partial charge in [-0.1, -0.05) is 91.3 Å². The third-order valence-electron chi connectivity index (χ3n) is 6.35. The Morgan fingerprint density at radius 1 is 0.388 bits per heavy atom. The molecule has 0 amide bonds. The molecule has 0 heterocycles. The summed E-state index contributed by atoms with van der Waals surface area (Å²) in [6.07, 6.45) is 0. The van der Waals surface area contributed by atoms with Crippen molar-refractivity contribution in [2.45, 2.75) is 41.5 Å². The second kappa shape index (κ2) is 23.3. The maximum Gasteiger partial charge on any atom is 3.00 e. The molecule has 49 heavy (non-hydrogen) atoms. The minimum Gasteiger partial charge on any atom is -0.349 e. The first-order chi connectivity index (χ1) is 22.6. The predicted molar refractivity (Wildman–Crippen MR) is 203 cm³/mol. The summed E-state index contributed by atoms with van der Waals surface area (Å²) >= 11 is 15.2. The van der Waals surface area contributed by atoms with Crippen LogP contribution in [0.4, 0.5) is 17.1 Å². The van der Waals surface area contributed by atoms with Crippen LogP contribution in [0, 0.1) is 17.8 Å². The number of nitrogens with one attached hydrogen (secondary N) is 3. The minimum atomic E-state index is -0.838. The molecule has 0 aromatic heterocycles. The van der Waals surface area contributed by atoms with Gasteiger partial charge in [-0.2, -0.15) is 0 Å². The van der Waals surface area contributed by atoms with E-state index in [4.69, 9.17) is 36.7 Å². The number of para-hydroxylation sites is 3. The molecule has 0 unspecified atom stereocenters. The third kappa shape index (κ3) is 16.7. The molecule has 3 aromatic rings. The SMILES string of the molecule is CC(=O)C(C(C)=O)C(=S)Nc1ccccc1.CC(=O)C(C(C)=O)C(=S)Nc1ccccc1.CC(=O)C(C(C)=O)C(=S)Nc1ccccc1.[Fe+3]. The fourth-order valence-corrected chi connectivity index (χ4v) is 5.52. The van der Waals surface area contributed by atoms with Crippen molar-refractivity contribution in [3.8, 4) is 0 Å². The van der Waals surface area contributed by atoms with Crippen LogP contribution in [0.1, 0.15) is 41.5 Å². The van der Waals surface area contributed by atoms with Gasteiger partial charge >= 0.3 is 17.1 Å². The van der Waals surface area contributed by atoms with Gasteiger partial charge in [0.15, 0.2) is 0 Å². The monoisotopic (exact) mass is 761 g/mol. The van der Waals surface area contributed by atoms with E-state index < -0.39 is 17.8 Å². The maximum absolute atomic E-state index is 11.3. The molecule has 257 valence electrons. The molecule has 0 saturated carbocycles. The van der Waals surface area contributed by atoms with Gasteiger partial charge in [-0.05, 0) is 77.9 Å². The standard InChI is InChI=1S/3C12H13NO2S.Fe/c3*1-8(14)11(9(2)15)12(16)13-10-6-4-3-5-7-10;/h3*3-7,11H,1-2H3,(H,13,16);/q;;;+3. The van der Waals surface area contributed by atoms with E-state index in [0.29, 0.717) is 0 Å². The van der Waals surface area contributed by atoms with Gasteiger partial charge in [0.2, 0.25) is 0 Å². The number of ketones is 6. The predicted octanol–water partition coefficient (Wildman–Crippen LogP) is 6.66. The third-order valence-corrected chi connectivity index (χ3v) is 7.36. The molecule has 13 heteroatoms. The van der Waals surface area contributed by atoms with E-state index in [1.165, 1.54) is 41.5 Å². The van der Waals surface area contributed by atoms with E-state index in [9.17, 15) is 28.8 Å². The molecular formula is C36H39FeN3O6S3+3. The van der Waals surface area contributed by atoms with E-state index >= 15 is 0 Å². The number of thiocarbonyl (C=S) groups is 3. The molecule has 0 fully saturated rings. The number of carbonyl (C=O) groups excluding carboxylic acids is 6. The molecular weight excluding hydrogens is 722 g/mol. The van der Waals surface area contributed by atoms with Gasteiger partial charge in [-0.15, -0.1) is 0 Å². The first-order valence-corrected chi connectivity index (χ1v) is 15.9. The van der Waals surface area contributed by atoms with Crippen LogP contribution in [-0.4, -0.2) is 49.7 Å². The van der Waals surface area contributed by atoms with Crippen molar-refractivity contribution in [2.24, 2.45) is 17.8 Å². The van der Waals surface area contributed by atoms with Crippen LogP contribution >= 0.6 is 36.7 Å². The van der Waals surface area contributed by atoms with E-state index in [0.717, 1.165) is 17.1 Å². The Bertz CT molecular complexity index is 1400. The Morgan fingerprint density at radius 2 is 0.551 bits per heavy atom. The number of hydrogen-bond donors (Lipinski definition) is 3. The second-order valence-corrected chi connectivity index (χ2v) is 11.8. The van der Waals surface area contributed by atoms with Gasteiger partial charge in [0.05, 0.1) is 15.0 Å². The van der Waals surface area contributed by atoms with E-state index in [1.807, 2.05) is 91.0 Å². The summed E-state index contributed by atoms with van der Waals surface area (Å²) in [7, 11) is 0. The van der Waals surface area contributed by atoms with Crippen molar-refractivity contribution in [2.75, 3.05) is 16.0 Å². The van der Waals surface area contributed by atoms with Crippen molar-refractivity contribution >= 4 is 103 Å². The minimum absolute atomic E-state index is 0. The number of carbonyl (C=O) groups is 6. The quantitative estimate of drug-likeness (QED) is 0.103. The number of Topliss-reactive ketones (excluding diaryl/α,β-unsaturated/α-hetero) is 6. The zero-order valence-corrected chi connectivity index (χ0v) is 31.5. The van der Waals surface area contributed by atoms with Gasteiger partial charge in [0, 0.05) is 17.1 Å². The largest absolute Gasteiger partial charge is 3.00 e. The number of rotatable bonds is 12. The average Bonchev–Trinajstić information content (AvgIpc) is 2.98. The molecule has 0 saturated heterocycles. The zero-order valence-electron chi connectivity index (χ0n) is 27.9. The Morgan fingerprint density at radius 3 is 0.694 bits per heavy atom. The zero-order chi connectivity index (χ0) is 36.4. The van der Waals surface area contributed by atoms with Crippen molar-refractivity contribution in [1.29, 1.82) is 0 Å². The van der Waals surface area contributed by atoms with Crippen molar-refractivity contribution in [3.05, 3.63) is 91.0 Å². The topological polar surface area (TPSA) is 139 Å². The van der Waals surface area contributed by atoms with Gasteiger partial charge in [0.25, 0.3) is 0 Å². The van der Waals surface area contributed by atoms with Crippen LogP contribution in [0.25, 0.3) is 0 Å². The Kier molecular flexibility index (Phi) is 21.3. The molecule has 1 radical (unpaired) electrons. The van der Waals surface area contributed by atoms with Crippen LogP contribution in [0.2, 0.25) is 0 Å². The summed E-state index contributed by atoms with van der Waals surface area (Å²) in [5.74, 6) is -3.92. The van der Waals surface area contributed by atoms with Crippen LogP contribution in [0.15, 0.2) is 91.0 Å². The summed E-state index contributed by atoms with van der Waals surface area (Å²) in [4.78, 5) is 68.4. The number of benzene rings is 3. The molecule has 3 N–H and O–H groups in total. The van der Waals surface area contributed by atoms with Gasteiger partial charge in [0.1, 0.15) is 52.5 Å². The smallest absolute Gasteiger partial charge is 0.349 e. The molecule has 3 rings (SSSR count). The summed E-state index contributed by atoms with van der Waals surface area (Å²) in [6.45, 7) is 8.20. The number of hydrogen-bond acceptors (Lipinski definition) is 9. The second-order valence-electron chi connectivity index (χ2n) is 10.5. The Hall–Kier alpha value is -4.13. The molecule has 9 nitrogen and oxygen atoms in total. The van der Waals surface area contributed by atoms with Gasteiger partial charge < -0.3 is 16.0 Å². The van der Waals surface area contributed by atoms with Crippen LogP contribution in [0.5, 0.6) is 0 Å². The van der Waals surface area contributed by atoms with Crippen LogP contribution in [0.3, 0.4) is 0 Å². The van der Waals surface area contributed by atoms with E-state index in [-0.39, 0.29) is 66.7 Å². The fourth-order valence-electron chi connectivity index (χ4n) is 4.17. The Labute approximate surface area is 313 Å². The van der Waals surface area contributed by atoms with Crippen molar-refractivity contribution in [3.63, 3.8) is 0 Å². The summed E-state index contributed by atoms with van der Waals surface area (Å²) in [6, 6.07) is 27.7. The van der Waals surface area contributed by atoms with Crippen LogP contribution in [-0.2, 0) is 45.8 Å². The van der Waals surface area contributed by atoms with Gasteiger partial charge in [-0.3, -0.25) is 28.8 Å². The summed E-state index contributed by atoms with van der Waals surface area (Å²) < 4.78 is 0. The molecule has 0 aliphatic rings. The molecule has 0 spiro atoms. The van der Waals surface area contributed by atoms with E-state index in [1.54, 1.807) is 0 Å². The average molecular weight is 762 g/mol.